The summed E-state index contributed by atoms with van der Waals surface area (Å²) in [7, 11) is 0. The van der Waals surface area contributed by atoms with Crippen LogP contribution < -0.4 is 5.73 Å². The van der Waals surface area contributed by atoms with E-state index in [2.05, 4.69) is 15.9 Å². The monoisotopic (exact) mass is 325 g/mol. The summed E-state index contributed by atoms with van der Waals surface area (Å²) in [5.74, 6) is -1.15. The summed E-state index contributed by atoms with van der Waals surface area (Å²) in [6.45, 7) is 1.60. The van der Waals surface area contributed by atoms with E-state index >= 15 is 0 Å². The minimum atomic E-state index is -0.700. The number of benzene rings is 2. The van der Waals surface area contributed by atoms with Gasteiger partial charge in [0.05, 0.1) is 0 Å². The van der Waals surface area contributed by atoms with Crippen LogP contribution in [-0.2, 0) is 6.42 Å². The van der Waals surface area contributed by atoms with Crippen LogP contribution in [-0.4, -0.2) is 0 Å². The van der Waals surface area contributed by atoms with Gasteiger partial charge < -0.3 is 5.73 Å². The summed E-state index contributed by atoms with van der Waals surface area (Å²) in [5.41, 5.74) is 7.25. The van der Waals surface area contributed by atoms with Crippen molar-refractivity contribution in [3.63, 3.8) is 0 Å². The second kappa shape index (κ2) is 5.80. The smallest absolute Gasteiger partial charge is 0.133 e. The Bertz CT molecular complexity index is 599. The predicted octanol–water partition coefficient (Wildman–Crippen LogP) is 4.28. The van der Waals surface area contributed by atoms with Crippen LogP contribution in [0.3, 0.4) is 0 Å². The lowest BCUT2D eigenvalue weighted by atomic mass is 9.97. The SMILES string of the molecule is Cc1ccc(F)c(C(N)Cc2cccc(Br)c2)c1F. The predicted molar refractivity (Wildman–Crippen MR) is 75.9 cm³/mol. The molecule has 0 aliphatic rings. The zero-order valence-electron chi connectivity index (χ0n) is 10.5. The largest absolute Gasteiger partial charge is 0.323 e. The molecule has 4 heteroatoms. The fraction of sp³-hybridized carbons (Fsp3) is 0.200. The van der Waals surface area contributed by atoms with E-state index in [1.165, 1.54) is 12.1 Å². The Hall–Kier alpha value is -1.26. The Morgan fingerprint density at radius 3 is 2.63 bits per heavy atom. The Morgan fingerprint density at radius 1 is 1.21 bits per heavy atom. The highest BCUT2D eigenvalue weighted by atomic mass is 79.9. The highest BCUT2D eigenvalue weighted by Gasteiger charge is 2.18. The molecule has 0 saturated carbocycles. The van der Waals surface area contributed by atoms with Gasteiger partial charge in [0.1, 0.15) is 11.6 Å². The molecular formula is C15H14BrF2N. The fourth-order valence-corrected chi connectivity index (χ4v) is 2.48. The van der Waals surface area contributed by atoms with Crippen molar-refractivity contribution < 1.29 is 8.78 Å². The molecule has 0 aromatic heterocycles. The molecule has 0 heterocycles. The maximum atomic E-state index is 14.0. The minimum Gasteiger partial charge on any atom is -0.323 e. The maximum Gasteiger partial charge on any atom is 0.133 e. The Balaban J connectivity index is 2.30. The molecule has 0 bridgehead atoms. The lowest BCUT2D eigenvalue weighted by Gasteiger charge is -2.15. The van der Waals surface area contributed by atoms with Crippen LogP contribution >= 0.6 is 15.9 Å². The molecule has 0 fully saturated rings. The van der Waals surface area contributed by atoms with Gasteiger partial charge in [-0.1, -0.05) is 34.1 Å². The van der Waals surface area contributed by atoms with Crippen molar-refractivity contribution in [3.05, 3.63) is 69.2 Å². The highest BCUT2D eigenvalue weighted by molar-refractivity contribution is 9.10. The first-order chi connectivity index (χ1) is 8.99. The van der Waals surface area contributed by atoms with Gasteiger partial charge >= 0.3 is 0 Å². The number of rotatable bonds is 3. The van der Waals surface area contributed by atoms with E-state index in [4.69, 9.17) is 5.73 Å². The highest BCUT2D eigenvalue weighted by Crippen LogP contribution is 2.25. The van der Waals surface area contributed by atoms with Gasteiger partial charge in [-0.05, 0) is 42.7 Å². The molecule has 0 saturated heterocycles. The van der Waals surface area contributed by atoms with Crippen LogP contribution in [0, 0.1) is 18.6 Å². The number of hydrogen-bond acceptors (Lipinski definition) is 1. The molecule has 0 aliphatic carbocycles. The van der Waals surface area contributed by atoms with E-state index in [9.17, 15) is 8.78 Å². The molecule has 19 heavy (non-hydrogen) atoms. The van der Waals surface area contributed by atoms with Gasteiger partial charge in [0.15, 0.2) is 0 Å². The summed E-state index contributed by atoms with van der Waals surface area (Å²) in [4.78, 5) is 0. The minimum absolute atomic E-state index is 0.0417. The van der Waals surface area contributed by atoms with Gasteiger partial charge in [0, 0.05) is 16.1 Å². The molecule has 0 amide bonds. The van der Waals surface area contributed by atoms with Crippen LogP contribution in [0.25, 0.3) is 0 Å². The Kier molecular flexibility index (Phi) is 4.32. The van der Waals surface area contributed by atoms with Crippen molar-refractivity contribution in [1.29, 1.82) is 0 Å². The van der Waals surface area contributed by atoms with E-state index < -0.39 is 17.7 Å². The molecule has 2 aromatic carbocycles. The normalized spacial score (nSPS) is 12.5. The van der Waals surface area contributed by atoms with Crippen molar-refractivity contribution in [1.82, 2.24) is 0 Å². The number of aryl methyl sites for hydroxylation is 1. The lowest BCUT2D eigenvalue weighted by molar-refractivity contribution is 0.520. The number of hydrogen-bond donors (Lipinski definition) is 1. The van der Waals surface area contributed by atoms with E-state index in [1.54, 1.807) is 6.92 Å². The Morgan fingerprint density at radius 2 is 1.95 bits per heavy atom. The zero-order valence-corrected chi connectivity index (χ0v) is 12.0. The van der Waals surface area contributed by atoms with Gasteiger partial charge in [-0.2, -0.15) is 0 Å². The molecule has 1 nitrogen and oxygen atoms in total. The van der Waals surface area contributed by atoms with Crippen LogP contribution in [0.2, 0.25) is 0 Å². The second-order valence-corrected chi connectivity index (χ2v) is 5.45. The van der Waals surface area contributed by atoms with Crippen molar-refractivity contribution in [3.8, 4) is 0 Å². The first-order valence-electron chi connectivity index (χ1n) is 5.93. The standard InChI is InChI=1S/C15H14BrF2N/c1-9-5-6-12(17)14(15(9)18)13(19)8-10-3-2-4-11(16)7-10/h2-7,13H,8,19H2,1H3. The molecule has 0 radical (unpaired) electrons. The topological polar surface area (TPSA) is 26.0 Å². The van der Waals surface area contributed by atoms with E-state index in [-0.39, 0.29) is 5.56 Å². The molecule has 2 aromatic rings. The third kappa shape index (κ3) is 3.19. The van der Waals surface area contributed by atoms with E-state index in [1.807, 2.05) is 24.3 Å². The van der Waals surface area contributed by atoms with Gasteiger partial charge in [0.2, 0.25) is 0 Å². The van der Waals surface area contributed by atoms with Crippen molar-refractivity contribution in [2.75, 3.05) is 0 Å². The van der Waals surface area contributed by atoms with Crippen molar-refractivity contribution in [2.24, 2.45) is 5.73 Å². The third-order valence-electron chi connectivity index (χ3n) is 3.04. The third-order valence-corrected chi connectivity index (χ3v) is 3.53. The molecule has 2 rings (SSSR count). The molecule has 1 unspecified atom stereocenters. The second-order valence-electron chi connectivity index (χ2n) is 4.53. The van der Waals surface area contributed by atoms with E-state index in [0.717, 1.165) is 10.0 Å². The molecule has 100 valence electrons. The molecule has 0 aliphatic heterocycles. The molecule has 1 atom stereocenters. The number of halogens is 3. The quantitative estimate of drug-likeness (QED) is 0.895. The molecule has 0 spiro atoms. The van der Waals surface area contributed by atoms with Crippen molar-refractivity contribution >= 4 is 15.9 Å². The van der Waals surface area contributed by atoms with Crippen molar-refractivity contribution in [2.45, 2.75) is 19.4 Å². The fourth-order valence-electron chi connectivity index (χ4n) is 2.04. The van der Waals surface area contributed by atoms with Crippen LogP contribution in [0.1, 0.15) is 22.7 Å². The zero-order chi connectivity index (χ0) is 14.0. The van der Waals surface area contributed by atoms with E-state index in [0.29, 0.717) is 12.0 Å². The molecular weight excluding hydrogens is 312 g/mol. The summed E-state index contributed by atoms with van der Waals surface area (Å²) in [6.07, 6.45) is 0.386. The first-order valence-corrected chi connectivity index (χ1v) is 6.73. The van der Waals surface area contributed by atoms with Gasteiger partial charge in [0.25, 0.3) is 0 Å². The Labute approximate surface area is 119 Å². The lowest BCUT2D eigenvalue weighted by Crippen LogP contribution is -2.17. The summed E-state index contributed by atoms with van der Waals surface area (Å²) >= 11 is 3.36. The van der Waals surface area contributed by atoms with Crippen LogP contribution in [0.15, 0.2) is 40.9 Å². The maximum absolute atomic E-state index is 14.0. The van der Waals surface area contributed by atoms with Gasteiger partial charge in [-0.25, -0.2) is 8.78 Å². The average Bonchev–Trinajstić information content (AvgIpc) is 2.34. The first kappa shape index (κ1) is 14.2. The molecule has 2 N–H and O–H groups in total. The van der Waals surface area contributed by atoms with Crippen LogP contribution in [0.4, 0.5) is 8.78 Å². The summed E-state index contributed by atoms with van der Waals surface area (Å²) in [5, 5.41) is 0. The summed E-state index contributed by atoms with van der Waals surface area (Å²) < 4.78 is 28.6. The average molecular weight is 326 g/mol. The summed E-state index contributed by atoms with van der Waals surface area (Å²) in [6, 6.07) is 9.52. The van der Waals surface area contributed by atoms with Gasteiger partial charge in [-0.3, -0.25) is 0 Å². The van der Waals surface area contributed by atoms with Gasteiger partial charge in [-0.15, -0.1) is 0 Å². The number of nitrogens with two attached hydrogens (primary N) is 1. The van der Waals surface area contributed by atoms with Crippen LogP contribution in [0.5, 0.6) is 0 Å².